The summed E-state index contributed by atoms with van der Waals surface area (Å²) in [5.41, 5.74) is 0.784. The SMILES string of the molecule is COc1ccc(-c2n[nH]c(C3CCC(NS(=O)(=O)C(C)C)CC3)c2F)cc1F. The first-order valence-electron chi connectivity index (χ1n) is 9.31. The number of sulfonamides is 1. The van der Waals surface area contributed by atoms with Crippen LogP contribution in [0.1, 0.15) is 51.1 Å². The lowest BCUT2D eigenvalue weighted by Gasteiger charge is -2.28. The fourth-order valence-electron chi connectivity index (χ4n) is 3.49. The number of nitrogens with one attached hydrogen (secondary N) is 2. The van der Waals surface area contributed by atoms with Crippen molar-refractivity contribution >= 4 is 10.0 Å². The Hall–Kier alpha value is -2.00. The van der Waals surface area contributed by atoms with Gasteiger partial charge in [-0.3, -0.25) is 5.10 Å². The zero-order valence-corrected chi connectivity index (χ0v) is 16.9. The summed E-state index contributed by atoms with van der Waals surface area (Å²) in [5.74, 6) is -1.07. The van der Waals surface area contributed by atoms with Crippen LogP contribution in [-0.2, 0) is 10.0 Å². The molecule has 1 saturated carbocycles. The smallest absolute Gasteiger partial charge is 0.214 e. The number of aromatic nitrogens is 2. The number of H-pyrrole nitrogens is 1. The molecule has 28 heavy (non-hydrogen) atoms. The molecule has 1 fully saturated rings. The van der Waals surface area contributed by atoms with E-state index in [4.69, 9.17) is 4.74 Å². The summed E-state index contributed by atoms with van der Waals surface area (Å²) < 4.78 is 60.5. The summed E-state index contributed by atoms with van der Waals surface area (Å²) in [4.78, 5) is 0. The van der Waals surface area contributed by atoms with Crippen LogP contribution >= 0.6 is 0 Å². The van der Waals surface area contributed by atoms with Gasteiger partial charge in [-0.05, 0) is 57.7 Å². The minimum absolute atomic E-state index is 0.0687. The Morgan fingerprint density at radius 1 is 1.21 bits per heavy atom. The van der Waals surface area contributed by atoms with Crippen LogP contribution in [0.15, 0.2) is 18.2 Å². The minimum atomic E-state index is -3.32. The lowest BCUT2D eigenvalue weighted by molar-refractivity contribution is 0.362. The van der Waals surface area contributed by atoms with Gasteiger partial charge in [0.1, 0.15) is 5.69 Å². The van der Waals surface area contributed by atoms with Crippen molar-refractivity contribution in [3.8, 4) is 17.0 Å². The fraction of sp³-hybridized carbons (Fsp3) is 0.526. The molecule has 0 amide bonds. The van der Waals surface area contributed by atoms with Gasteiger partial charge in [0.05, 0.1) is 18.1 Å². The molecule has 0 atom stereocenters. The number of hydrogen-bond donors (Lipinski definition) is 2. The van der Waals surface area contributed by atoms with E-state index in [0.717, 1.165) is 0 Å². The number of hydrogen-bond acceptors (Lipinski definition) is 4. The first-order chi connectivity index (χ1) is 13.2. The van der Waals surface area contributed by atoms with E-state index < -0.39 is 26.9 Å². The third-order valence-electron chi connectivity index (χ3n) is 5.24. The second-order valence-electron chi connectivity index (χ2n) is 7.41. The average molecular weight is 413 g/mol. The van der Waals surface area contributed by atoms with Crippen molar-refractivity contribution < 1.29 is 21.9 Å². The highest BCUT2D eigenvalue weighted by Gasteiger charge is 2.30. The molecule has 0 radical (unpaired) electrons. The van der Waals surface area contributed by atoms with Crippen LogP contribution in [0, 0.1) is 11.6 Å². The standard InChI is InChI=1S/C19H25F2N3O3S/c1-11(2)28(25,26)24-14-7-4-12(5-8-14)18-17(21)19(23-22-18)13-6-9-16(27-3)15(20)10-13/h6,9-12,14,24H,4-5,7-8H2,1-3H3,(H,22,23). The predicted octanol–water partition coefficient (Wildman–Crippen LogP) is 3.72. The van der Waals surface area contributed by atoms with E-state index in [1.54, 1.807) is 19.9 Å². The third kappa shape index (κ3) is 4.20. The molecule has 9 heteroatoms. The largest absolute Gasteiger partial charge is 0.494 e. The average Bonchev–Trinajstić information content (AvgIpc) is 3.03. The molecule has 1 aromatic heterocycles. The Morgan fingerprint density at radius 2 is 1.89 bits per heavy atom. The van der Waals surface area contributed by atoms with Crippen LogP contribution in [0.3, 0.4) is 0 Å². The molecule has 3 rings (SSSR count). The summed E-state index contributed by atoms with van der Waals surface area (Å²) in [6.45, 7) is 3.27. The van der Waals surface area contributed by atoms with Gasteiger partial charge in [-0.2, -0.15) is 5.10 Å². The van der Waals surface area contributed by atoms with Gasteiger partial charge in [-0.1, -0.05) is 0 Å². The van der Waals surface area contributed by atoms with E-state index in [2.05, 4.69) is 14.9 Å². The first kappa shape index (κ1) is 20.7. The zero-order chi connectivity index (χ0) is 20.5. The molecule has 1 aliphatic rings. The van der Waals surface area contributed by atoms with Crippen LogP contribution in [-0.4, -0.2) is 37.0 Å². The summed E-state index contributed by atoms with van der Waals surface area (Å²) >= 11 is 0. The first-order valence-corrected chi connectivity index (χ1v) is 10.9. The highest BCUT2D eigenvalue weighted by Crippen LogP contribution is 2.36. The number of ether oxygens (including phenoxy) is 1. The minimum Gasteiger partial charge on any atom is -0.494 e. The molecule has 0 aliphatic heterocycles. The number of benzene rings is 1. The van der Waals surface area contributed by atoms with E-state index in [1.165, 1.54) is 19.2 Å². The molecular weight excluding hydrogens is 388 g/mol. The third-order valence-corrected chi connectivity index (χ3v) is 7.15. The van der Waals surface area contributed by atoms with E-state index in [9.17, 15) is 17.2 Å². The monoisotopic (exact) mass is 413 g/mol. The van der Waals surface area contributed by atoms with Gasteiger partial charge in [-0.15, -0.1) is 0 Å². The molecule has 0 unspecified atom stereocenters. The highest BCUT2D eigenvalue weighted by molar-refractivity contribution is 7.90. The summed E-state index contributed by atoms with van der Waals surface area (Å²) in [7, 11) is -1.96. The van der Waals surface area contributed by atoms with Gasteiger partial charge >= 0.3 is 0 Å². The van der Waals surface area contributed by atoms with Crippen LogP contribution < -0.4 is 9.46 Å². The Bertz CT molecular complexity index is 936. The van der Waals surface area contributed by atoms with Crippen molar-refractivity contribution in [2.24, 2.45) is 0 Å². The van der Waals surface area contributed by atoms with Crippen molar-refractivity contribution in [1.82, 2.24) is 14.9 Å². The fourth-order valence-corrected chi connectivity index (χ4v) is 4.46. The van der Waals surface area contributed by atoms with Gasteiger partial charge in [0.25, 0.3) is 0 Å². The van der Waals surface area contributed by atoms with Gasteiger partial charge < -0.3 is 4.74 Å². The Kier molecular flexibility index (Phi) is 6.04. The second-order valence-corrected chi connectivity index (χ2v) is 9.68. The molecular formula is C19H25F2N3O3S. The summed E-state index contributed by atoms with van der Waals surface area (Å²) in [5, 5.41) is 6.31. The Balaban J connectivity index is 1.71. The molecule has 0 bridgehead atoms. The zero-order valence-electron chi connectivity index (χ0n) is 16.1. The Labute approximate surface area is 163 Å². The maximum Gasteiger partial charge on any atom is 0.214 e. The van der Waals surface area contributed by atoms with Crippen molar-refractivity contribution in [3.63, 3.8) is 0 Å². The number of rotatable bonds is 6. The maximum absolute atomic E-state index is 14.9. The summed E-state index contributed by atoms with van der Waals surface area (Å²) in [6, 6.07) is 4.05. The predicted molar refractivity (Wildman–Crippen MR) is 103 cm³/mol. The molecule has 2 N–H and O–H groups in total. The Morgan fingerprint density at radius 3 is 2.46 bits per heavy atom. The maximum atomic E-state index is 14.9. The van der Waals surface area contributed by atoms with E-state index in [-0.39, 0.29) is 23.4 Å². The van der Waals surface area contributed by atoms with E-state index in [1.807, 2.05) is 0 Å². The second kappa shape index (κ2) is 8.16. The van der Waals surface area contributed by atoms with Gasteiger partial charge in [0.2, 0.25) is 10.0 Å². The van der Waals surface area contributed by atoms with E-state index in [0.29, 0.717) is 36.9 Å². The summed E-state index contributed by atoms with van der Waals surface area (Å²) in [6.07, 6.45) is 2.53. The molecule has 1 aromatic carbocycles. The van der Waals surface area contributed by atoms with Crippen molar-refractivity contribution in [3.05, 3.63) is 35.5 Å². The molecule has 1 heterocycles. The van der Waals surface area contributed by atoms with Crippen LogP contribution in [0.5, 0.6) is 5.75 Å². The van der Waals surface area contributed by atoms with Crippen molar-refractivity contribution in [1.29, 1.82) is 0 Å². The molecule has 0 saturated heterocycles. The number of nitrogens with zero attached hydrogens (tertiary/aromatic N) is 1. The quantitative estimate of drug-likeness (QED) is 0.756. The number of methoxy groups -OCH3 is 1. The van der Waals surface area contributed by atoms with Gasteiger partial charge in [0, 0.05) is 17.5 Å². The highest BCUT2D eigenvalue weighted by atomic mass is 32.2. The molecule has 1 aliphatic carbocycles. The van der Waals surface area contributed by atoms with Crippen LogP contribution in [0.2, 0.25) is 0 Å². The molecule has 0 spiro atoms. The van der Waals surface area contributed by atoms with Crippen molar-refractivity contribution in [2.45, 2.75) is 56.7 Å². The van der Waals surface area contributed by atoms with Crippen LogP contribution in [0.25, 0.3) is 11.3 Å². The topological polar surface area (TPSA) is 84.1 Å². The lowest BCUT2D eigenvalue weighted by Crippen LogP contribution is -2.40. The van der Waals surface area contributed by atoms with Crippen molar-refractivity contribution in [2.75, 3.05) is 7.11 Å². The number of halogens is 2. The van der Waals surface area contributed by atoms with Gasteiger partial charge in [0.15, 0.2) is 17.4 Å². The molecule has 154 valence electrons. The normalized spacial score (nSPS) is 20.5. The molecule has 6 nitrogen and oxygen atoms in total. The lowest BCUT2D eigenvalue weighted by atomic mass is 9.84. The number of aromatic amines is 1. The van der Waals surface area contributed by atoms with Gasteiger partial charge in [-0.25, -0.2) is 21.9 Å². The van der Waals surface area contributed by atoms with Crippen LogP contribution in [0.4, 0.5) is 8.78 Å². The molecule has 2 aromatic rings. The van der Waals surface area contributed by atoms with E-state index >= 15 is 0 Å².